The molecule has 0 radical (unpaired) electrons. The van der Waals surface area contributed by atoms with Gasteiger partial charge in [0.15, 0.2) is 0 Å². The molecule has 2 aromatic carbocycles. The normalized spacial score (nSPS) is 18.5. The van der Waals surface area contributed by atoms with Crippen LogP contribution in [0.3, 0.4) is 0 Å². The first-order valence-corrected chi connectivity index (χ1v) is 11.4. The van der Waals surface area contributed by atoms with E-state index in [1.165, 1.54) is 22.1 Å². The first-order chi connectivity index (χ1) is 16.2. The zero-order chi connectivity index (χ0) is 22.7. The van der Waals surface area contributed by atoms with Crippen LogP contribution in [0.15, 0.2) is 85.3 Å². The number of nitrogens with one attached hydrogen (secondary N) is 1. The van der Waals surface area contributed by atoms with E-state index in [0.29, 0.717) is 6.42 Å². The molecule has 0 bridgehead atoms. The minimum absolute atomic E-state index is 0.120. The topological polar surface area (TPSA) is 58.1 Å². The molecule has 4 aromatic rings. The summed E-state index contributed by atoms with van der Waals surface area (Å²) in [7, 11) is 1.75. The summed E-state index contributed by atoms with van der Waals surface area (Å²) < 4.78 is 0. The van der Waals surface area contributed by atoms with Gasteiger partial charge in [-0.3, -0.25) is 19.7 Å². The fourth-order valence-corrected chi connectivity index (χ4v) is 5.17. The van der Waals surface area contributed by atoms with E-state index < -0.39 is 5.41 Å². The second kappa shape index (κ2) is 9.12. The molecule has 1 amide bonds. The second-order valence-corrected chi connectivity index (χ2v) is 8.88. The number of rotatable bonds is 6. The van der Waals surface area contributed by atoms with Crippen LogP contribution >= 0.6 is 0 Å². The van der Waals surface area contributed by atoms with Crippen LogP contribution in [0.4, 0.5) is 0 Å². The zero-order valence-corrected chi connectivity index (χ0v) is 18.9. The molecule has 1 unspecified atom stereocenters. The molecular formula is C28H28N4O. The molecule has 5 nitrogen and oxygen atoms in total. The number of likely N-dealkylation sites (tertiary alicyclic amines) is 1. The smallest absolute Gasteiger partial charge is 0.227 e. The van der Waals surface area contributed by atoms with E-state index in [-0.39, 0.29) is 5.91 Å². The molecule has 166 valence electrons. The molecule has 1 fully saturated rings. The van der Waals surface area contributed by atoms with Gasteiger partial charge in [0.05, 0.1) is 10.9 Å². The van der Waals surface area contributed by atoms with E-state index in [1.807, 2.05) is 42.9 Å². The third kappa shape index (κ3) is 4.24. The van der Waals surface area contributed by atoms with E-state index in [1.54, 1.807) is 7.05 Å². The summed E-state index contributed by atoms with van der Waals surface area (Å²) in [4.78, 5) is 24.3. The van der Waals surface area contributed by atoms with Gasteiger partial charge in [0.1, 0.15) is 0 Å². The van der Waals surface area contributed by atoms with Crippen LogP contribution in [0.5, 0.6) is 0 Å². The van der Waals surface area contributed by atoms with Gasteiger partial charge in [-0.1, -0.05) is 42.5 Å². The Morgan fingerprint density at radius 1 is 0.970 bits per heavy atom. The maximum absolute atomic E-state index is 13.2. The average Bonchev–Trinajstić information content (AvgIpc) is 3.28. The van der Waals surface area contributed by atoms with Crippen LogP contribution in [0.2, 0.25) is 0 Å². The van der Waals surface area contributed by atoms with E-state index in [0.717, 1.165) is 37.1 Å². The lowest BCUT2D eigenvalue weighted by Crippen LogP contribution is -2.43. The fourth-order valence-electron chi connectivity index (χ4n) is 5.17. The van der Waals surface area contributed by atoms with Crippen LogP contribution in [0.25, 0.3) is 22.0 Å². The van der Waals surface area contributed by atoms with Crippen molar-refractivity contribution in [2.24, 2.45) is 5.41 Å². The number of benzene rings is 2. The van der Waals surface area contributed by atoms with Crippen LogP contribution in [-0.4, -0.2) is 40.9 Å². The predicted octanol–water partition coefficient (Wildman–Crippen LogP) is 4.48. The molecule has 1 N–H and O–H groups in total. The molecule has 0 saturated carbocycles. The monoisotopic (exact) mass is 436 g/mol. The Kier molecular flexibility index (Phi) is 5.88. The molecule has 2 aromatic heterocycles. The summed E-state index contributed by atoms with van der Waals surface area (Å²) in [6.07, 6.45) is 7.01. The SMILES string of the molecule is CNC(=O)C1(Cc2ccccc2-c2ccncc2)CCN(Cc2cccc3ncccc23)C1. The largest absolute Gasteiger partial charge is 0.359 e. The van der Waals surface area contributed by atoms with Crippen molar-refractivity contribution in [3.8, 4) is 11.1 Å². The van der Waals surface area contributed by atoms with Crippen LogP contribution in [0, 0.1) is 5.41 Å². The van der Waals surface area contributed by atoms with Crippen LogP contribution in [-0.2, 0) is 17.8 Å². The summed E-state index contributed by atoms with van der Waals surface area (Å²) in [6.45, 7) is 2.43. The molecule has 5 heteroatoms. The van der Waals surface area contributed by atoms with Crippen molar-refractivity contribution in [3.05, 3.63) is 96.4 Å². The standard InChI is InChI=1S/C28H28N4O/c1-29-27(33)28(18-22-6-2-3-8-24(22)21-11-15-30-16-12-21)13-17-32(20-28)19-23-7-4-10-26-25(23)9-5-14-31-26/h2-12,14-16H,13,17-20H2,1H3,(H,29,33). The van der Waals surface area contributed by atoms with E-state index >= 15 is 0 Å². The van der Waals surface area contributed by atoms with Crippen molar-refractivity contribution >= 4 is 16.8 Å². The Labute approximate surface area is 194 Å². The predicted molar refractivity (Wildman–Crippen MR) is 132 cm³/mol. The minimum atomic E-state index is -0.458. The summed E-state index contributed by atoms with van der Waals surface area (Å²) >= 11 is 0. The number of aromatic nitrogens is 2. The number of nitrogens with zero attached hydrogens (tertiary/aromatic N) is 3. The quantitative estimate of drug-likeness (QED) is 0.484. The van der Waals surface area contributed by atoms with E-state index in [9.17, 15) is 4.79 Å². The number of carbonyl (C=O) groups is 1. The van der Waals surface area contributed by atoms with Gasteiger partial charge in [-0.05, 0) is 65.9 Å². The summed E-state index contributed by atoms with van der Waals surface area (Å²) in [5.74, 6) is 0.120. The molecular weight excluding hydrogens is 408 g/mol. The summed E-state index contributed by atoms with van der Waals surface area (Å²) in [6, 6.07) is 22.9. The lowest BCUT2D eigenvalue weighted by Gasteiger charge is -2.29. The van der Waals surface area contributed by atoms with E-state index in [4.69, 9.17) is 0 Å². The van der Waals surface area contributed by atoms with Gasteiger partial charge in [0, 0.05) is 44.1 Å². The number of fused-ring (bicyclic) bond motifs is 1. The van der Waals surface area contributed by atoms with Gasteiger partial charge < -0.3 is 5.32 Å². The summed E-state index contributed by atoms with van der Waals surface area (Å²) in [5.41, 5.74) is 5.31. The van der Waals surface area contributed by atoms with Crippen molar-refractivity contribution in [1.82, 2.24) is 20.2 Å². The highest BCUT2D eigenvalue weighted by Crippen LogP contribution is 2.38. The maximum atomic E-state index is 13.2. The van der Waals surface area contributed by atoms with Gasteiger partial charge in [-0.2, -0.15) is 0 Å². The Morgan fingerprint density at radius 2 is 1.79 bits per heavy atom. The zero-order valence-electron chi connectivity index (χ0n) is 18.9. The van der Waals surface area contributed by atoms with Crippen molar-refractivity contribution in [2.45, 2.75) is 19.4 Å². The van der Waals surface area contributed by atoms with E-state index in [2.05, 4.69) is 62.6 Å². The highest BCUT2D eigenvalue weighted by Gasteiger charge is 2.44. The Morgan fingerprint density at radius 3 is 2.64 bits per heavy atom. The van der Waals surface area contributed by atoms with Gasteiger partial charge >= 0.3 is 0 Å². The summed E-state index contributed by atoms with van der Waals surface area (Å²) in [5, 5.41) is 4.14. The molecule has 3 heterocycles. The average molecular weight is 437 g/mol. The number of hydrogen-bond acceptors (Lipinski definition) is 4. The molecule has 0 aliphatic carbocycles. The minimum Gasteiger partial charge on any atom is -0.359 e. The van der Waals surface area contributed by atoms with Crippen LogP contribution < -0.4 is 5.32 Å². The third-order valence-corrected chi connectivity index (χ3v) is 6.81. The molecule has 1 saturated heterocycles. The first-order valence-electron chi connectivity index (χ1n) is 11.4. The van der Waals surface area contributed by atoms with Crippen molar-refractivity contribution in [3.63, 3.8) is 0 Å². The molecule has 33 heavy (non-hydrogen) atoms. The van der Waals surface area contributed by atoms with Gasteiger partial charge in [0.2, 0.25) is 5.91 Å². The molecule has 1 aliphatic heterocycles. The van der Waals surface area contributed by atoms with Gasteiger partial charge in [-0.25, -0.2) is 0 Å². The number of carbonyl (C=O) groups excluding carboxylic acids is 1. The second-order valence-electron chi connectivity index (χ2n) is 8.88. The Hall–Kier alpha value is -3.57. The van der Waals surface area contributed by atoms with Gasteiger partial charge in [0.25, 0.3) is 0 Å². The lowest BCUT2D eigenvalue weighted by molar-refractivity contribution is -0.130. The molecule has 1 aliphatic rings. The van der Waals surface area contributed by atoms with Crippen molar-refractivity contribution in [2.75, 3.05) is 20.1 Å². The van der Waals surface area contributed by atoms with Crippen molar-refractivity contribution < 1.29 is 4.79 Å². The highest BCUT2D eigenvalue weighted by atomic mass is 16.2. The third-order valence-electron chi connectivity index (χ3n) is 6.81. The Balaban J connectivity index is 1.43. The molecule has 1 atom stereocenters. The van der Waals surface area contributed by atoms with Crippen LogP contribution in [0.1, 0.15) is 17.5 Å². The number of amides is 1. The van der Waals surface area contributed by atoms with Crippen molar-refractivity contribution in [1.29, 1.82) is 0 Å². The number of hydrogen-bond donors (Lipinski definition) is 1. The fraction of sp³-hybridized carbons (Fsp3) is 0.250. The Bertz CT molecular complexity index is 1270. The number of pyridine rings is 2. The molecule has 0 spiro atoms. The first kappa shape index (κ1) is 21.3. The highest BCUT2D eigenvalue weighted by molar-refractivity contribution is 5.84. The maximum Gasteiger partial charge on any atom is 0.227 e. The lowest BCUT2D eigenvalue weighted by atomic mass is 9.78. The molecule has 5 rings (SSSR count). The van der Waals surface area contributed by atoms with Gasteiger partial charge in [-0.15, -0.1) is 0 Å².